The maximum absolute atomic E-state index is 11.2. The second-order valence-corrected chi connectivity index (χ2v) is 4.97. The highest BCUT2D eigenvalue weighted by Crippen LogP contribution is 2.36. The number of carboxylic acids is 1. The number of alkyl halides is 1. The lowest BCUT2D eigenvalue weighted by Crippen LogP contribution is -2.14. The Labute approximate surface area is 121 Å². The van der Waals surface area contributed by atoms with Gasteiger partial charge < -0.3 is 9.84 Å². The van der Waals surface area contributed by atoms with E-state index >= 15 is 0 Å². The zero-order valence-electron chi connectivity index (χ0n) is 10.5. The van der Waals surface area contributed by atoms with Crippen LogP contribution in [-0.4, -0.2) is 21.9 Å². The second kappa shape index (κ2) is 5.13. The average Bonchev–Trinajstić information content (AvgIpc) is 2.45. The molecule has 1 aromatic heterocycles. The van der Waals surface area contributed by atoms with Crippen LogP contribution in [0.25, 0.3) is 0 Å². The minimum Gasteiger partial charge on any atom is -0.481 e. The molecule has 0 amide bonds. The van der Waals surface area contributed by atoms with Gasteiger partial charge in [0.1, 0.15) is 5.75 Å². The summed E-state index contributed by atoms with van der Waals surface area (Å²) in [6.07, 6.45) is 2.37. The standard InChI is InChI=1S/C15H12ClNO3/c16-8-12(15(18)19)9-3-4-13-11(6-9)7-10-2-1-5-17-14(10)20-13/h1-6,12H,7-8H2,(H,18,19). The minimum absolute atomic E-state index is 0.0487. The van der Waals surface area contributed by atoms with Crippen molar-refractivity contribution in [1.82, 2.24) is 4.98 Å². The lowest BCUT2D eigenvalue weighted by molar-refractivity contribution is -0.138. The number of benzene rings is 1. The average molecular weight is 290 g/mol. The van der Waals surface area contributed by atoms with Gasteiger partial charge in [0.25, 0.3) is 0 Å². The van der Waals surface area contributed by atoms with E-state index in [1.807, 2.05) is 18.2 Å². The smallest absolute Gasteiger partial charge is 0.312 e. The molecule has 1 unspecified atom stereocenters. The van der Waals surface area contributed by atoms with E-state index < -0.39 is 11.9 Å². The zero-order valence-corrected chi connectivity index (χ0v) is 11.3. The monoisotopic (exact) mass is 289 g/mol. The number of halogens is 1. The summed E-state index contributed by atoms with van der Waals surface area (Å²) in [6.45, 7) is 0. The number of aromatic nitrogens is 1. The van der Waals surface area contributed by atoms with Crippen LogP contribution in [-0.2, 0) is 11.2 Å². The van der Waals surface area contributed by atoms with Gasteiger partial charge in [-0.05, 0) is 23.3 Å². The first-order valence-electron chi connectivity index (χ1n) is 6.22. The van der Waals surface area contributed by atoms with E-state index in [1.54, 1.807) is 18.3 Å². The highest BCUT2D eigenvalue weighted by molar-refractivity contribution is 6.19. The molecule has 1 atom stereocenters. The third kappa shape index (κ3) is 2.23. The molecule has 102 valence electrons. The molecule has 1 N–H and O–H groups in total. The highest BCUT2D eigenvalue weighted by Gasteiger charge is 2.23. The number of carbonyl (C=O) groups is 1. The van der Waals surface area contributed by atoms with Crippen LogP contribution in [0.4, 0.5) is 0 Å². The predicted octanol–water partition coefficient (Wildman–Crippen LogP) is 3.19. The van der Waals surface area contributed by atoms with Crippen molar-refractivity contribution >= 4 is 17.6 Å². The van der Waals surface area contributed by atoms with E-state index in [4.69, 9.17) is 21.4 Å². The molecule has 0 saturated carbocycles. The number of fused-ring (bicyclic) bond motifs is 2. The van der Waals surface area contributed by atoms with Crippen molar-refractivity contribution in [3.63, 3.8) is 0 Å². The van der Waals surface area contributed by atoms with Gasteiger partial charge in [-0.1, -0.05) is 18.2 Å². The van der Waals surface area contributed by atoms with E-state index in [2.05, 4.69) is 4.98 Å². The SMILES string of the molecule is O=C(O)C(CCl)c1ccc2c(c1)Cc1cccnc1O2. The minimum atomic E-state index is -0.918. The molecule has 4 nitrogen and oxygen atoms in total. The molecule has 0 bridgehead atoms. The Balaban J connectivity index is 1.97. The fourth-order valence-corrected chi connectivity index (χ4v) is 2.62. The van der Waals surface area contributed by atoms with Gasteiger partial charge in [-0.25, -0.2) is 4.98 Å². The third-order valence-electron chi connectivity index (χ3n) is 3.38. The third-order valence-corrected chi connectivity index (χ3v) is 3.69. The fourth-order valence-electron chi connectivity index (χ4n) is 2.31. The summed E-state index contributed by atoms with van der Waals surface area (Å²) < 4.78 is 5.71. The zero-order chi connectivity index (χ0) is 14.1. The number of hydrogen-bond donors (Lipinski definition) is 1. The summed E-state index contributed by atoms with van der Waals surface area (Å²) >= 11 is 5.74. The van der Waals surface area contributed by atoms with Gasteiger partial charge in [-0.2, -0.15) is 0 Å². The first-order valence-corrected chi connectivity index (χ1v) is 6.76. The molecule has 2 heterocycles. The molecule has 2 aromatic rings. The lowest BCUT2D eigenvalue weighted by Gasteiger charge is -2.20. The largest absolute Gasteiger partial charge is 0.481 e. The van der Waals surface area contributed by atoms with Gasteiger partial charge in [0.2, 0.25) is 5.88 Å². The molecule has 5 heteroatoms. The van der Waals surface area contributed by atoms with Gasteiger partial charge in [0.15, 0.2) is 0 Å². The fraction of sp³-hybridized carbons (Fsp3) is 0.200. The van der Waals surface area contributed by atoms with Crippen molar-refractivity contribution in [2.24, 2.45) is 0 Å². The molecule has 0 aliphatic carbocycles. The van der Waals surface area contributed by atoms with Crippen LogP contribution in [0, 0.1) is 0 Å². The summed E-state index contributed by atoms with van der Waals surface area (Å²) in [6, 6.07) is 9.19. The van der Waals surface area contributed by atoms with Crippen molar-refractivity contribution in [3.8, 4) is 11.6 Å². The molecule has 0 fully saturated rings. The normalized spacial score (nSPS) is 13.8. The molecular weight excluding hydrogens is 278 g/mol. The summed E-state index contributed by atoms with van der Waals surface area (Å²) in [7, 11) is 0. The second-order valence-electron chi connectivity index (χ2n) is 4.66. The van der Waals surface area contributed by atoms with Crippen LogP contribution in [0.5, 0.6) is 11.6 Å². The molecule has 3 rings (SSSR count). The van der Waals surface area contributed by atoms with Crippen LogP contribution < -0.4 is 4.74 Å². The molecule has 1 aliphatic rings. The van der Waals surface area contributed by atoms with Gasteiger partial charge in [0.05, 0.1) is 5.92 Å². The molecule has 0 saturated heterocycles. The van der Waals surface area contributed by atoms with Crippen molar-refractivity contribution in [3.05, 3.63) is 53.2 Å². The first-order chi connectivity index (χ1) is 9.69. The number of pyridine rings is 1. The number of rotatable bonds is 3. The van der Waals surface area contributed by atoms with Crippen LogP contribution in [0.1, 0.15) is 22.6 Å². The van der Waals surface area contributed by atoms with Crippen LogP contribution in [0.2, 0.25) is 0 Å². The van der Waals surface area contributed by atoms with Gasteiger partial charge >= 0.3 is 5.97 Å². The van der Waals surface area contributed by atoms with Crippen molar-refractivity contribution < 1.29 is 14.6 Å². The van der Waals surface area contributed by atoms with Crippen molar-refractivity contribution in [2.75, 3.05) is 5.88 Å². The van der Waals surface area contributed by atoms with Gasteiger partial charge in [-0.15, -0.1) is 11.6 Å². The van der Waals surface area contributed by atoms with E-state index in [-0.39, 0.29) is 5.88 Å². The summed E-state index contributed by atoms with van der Waals surface area (Å²) in [5.41, 5.74) is 2.65. The molecule has 0 radical (unpaired) electrons. The van der Waals surface area contributed by atoms with Crippen molar-refractivity contribution in [2.45, 2.75) is 12.3 Å². The van der Waals surface area contributed by atoms with Gasteiger partial charge in [-0.3, -0.25) is 4.79 Å². The summed E-state index contributed by atoms with van der Waals surface area (Å²) in [5.74, 6) is -0.234. The Hall–Kier alpha value is -2.07. The maximum atomic E-state index is 11.2. The van der Waals surface area contributed by atoms with Crippen molar-refractivity contribution in [1.29, 1.82) is 0 Å². The number of carboxylic acid groups (broad SMARTS) is 1. The Morgan fingerprint density at radius 3 is 3.00 bits per heavy atom. The van der Waals surface area contributed by atoms with Crippen LogP contribution in [0.15, 0.2) is 36.5 Å². The topological polar surface area (TPSA) is 59.4 Å². The Kier molecular flexibility index (Phi) is 3.32. The van der Waals surface area contributed by atoms with E-state index in [0.717, 1.165) is 16.9 Å². The molecular formula is C15H12ClNO3. The number of aliphatic carboxylic acids is 1. The summed E-state index contributed by atoms with van der Waals surface area (Å²) in [4.78, 5) is 15.4. The Bertz CT molecular complexity index is 672. The number of hydrogen-bond acceptors (Lipinski definition) is 3. The van der Waals surface area contributed by atoms with E-state index in [0.29, 0.717) is 17.9 Å². The summed E-state index contributed by atoms with van der Waals surface area (Å²) in [5, 5.41) is 9.16. The van der Waals surface area contributed by atoms with Gasteiger partial charge in [0, 0.05) is 24.1 Å². The molecule has 0 spiro atoms. The first kappa shape index (κ1) is 12.9. The number of nitrogens with zero attached hydrogens (tertiary/aromatic N) is 1. The van der Waals surface area contributed by atoms with Crippen LogP contribution in [0.3, 0.4) is 0 Å². The highest BCUT2D eigenvalue weighted by atomic mass is 35.5. The molecule has 1 aliphatic heterocycles. The van der Waals surface area contributed by atoms with E-state index in [1.165, 1.54) is 0 Å². The maximum Gasteiger partial charge on any atom is 0.312 e. The molecule has 20 heavy (non-hydrogen) atoms. The molecule has 1 aromatic carbocycles. The van der Waals surface area contributed by atoms with E-state index in [9.17, 15) is 4.79 Å². The number of ether oxygens (including phenoxy) is 1. The van der Waals surface area contributed by atoms with Crippen LogP contribution >= 0.6 is 11.6 Å². The predicted molar refractivity (Wildman–Crippen MR) is 74.7 cm³/mol. The Morgan fingerprint density at radius 1 is 1.40 bits per heavy atom. The lowest BCUT2D eigenvalue weighted by atomic mass is 9.95. The Morgan fingerprint density at radius 2 is 2.25 bits per heavy atom. The quantitative estimate of drug-likeness (QED) is 0.752.